The van der Waals surface area contributed by atoms with Crippen LogP contribution in [0.25, 0.3) is 11.1 Å². The molecule has 1 saturated heterocycles. The summed E-state index contributed by atoms with van der Waals surface area (Å²) in [5.74, 6) is 2.28. The highest BCUT2D eigenvalue weighted by Gasteiger charge is 2.22. The van der Waals surface area contributed by atoms with Gasteiger partial charge in [-0.1, -0.05) is 18.2 Å². The van der Waals surface area contributed by atoms with Gasteiger partial charge in [-0.2, -0.15) is 11.8 Å². The number of nitrogens with one attached hydrogen (secondary N) is 1. The van der Waals surface area contributed by atoms with Crippen molar-refractivity contribution in [3.63, 3.8) is 0 Å². The number of rotatable bonds is 5. The molecule has 0 spiro atoms. The maximum absolute atomic E-state index is 12.1. The molecule has 3 aromatic rings. The summed E-state index contributed by atoms with van der Waals surface area (Å²) in [6.07, 6.45) is 1.71. The van der Waals surface area contributed by atoms with E-state index in [0.29, 0.717) is 17.8 Å². The summed E-state index contributed by atoms with van der Waals surface area (Å²) in [6, 6.07) is 13.5. The van der Waals surface area contributed by atoms with Crippen molar-refractivity contribution in [2.75, 3.05) is 34.8 Å². The molecule has 0 amide bonds. The van der Waals surface area contributed by atoms with Gasteiger partial charge in [-0.3, -0.25) is 14.6 Å². The first-order valence-corrected chi connectivity index (χ1v) is 9.80. The monoisotopic (exact) mass is 365 g/mol. The van der Waals surface area contributed by atoms with E-state index in [1.54, 1.807) is 6.20 Å². The Hall–Kier alpha value is -2.60. The van der Waals surface area contributed by atoms with Gasteiger partial charge in [0.05, 0.1) is 23.5 Å². The number of hydrogen-bond acceptors (Lipinski definition) is 6. The molecule has 1 fully saturated rings. The van der Waals surface area contributed by atoms with Crippen LogP contribution in [-0.4, -0.2) is 29.6 Å². The van der Waals surface area contributed by atoms with Gasteiger partial charge in [0, 0.05) is 36.5 Å². The highest BCUT2D eigenvalue weighted by molar-refractivity contribution is 7.99. The number of aromatic nitrogens is 1. The summed E-state index contributed by atoms with van der Waals surface area (Å²) >= 11 is 1.97. The van der Waals surface area contributed by atoms with Crippen LogP contribution in [0.5, 0.6) is 0 Å². The molecular weight excluding hydrogens is 346 g/mol. The average molecular weight is 365 g/mol. The first kappa shape index (κ1) is 16.8. The molecule has 5 nitrogen and oxygen atoms in total. The fourth-order valence-electron chi connectivity index (χ4n) is 3.18. The standard InChI is InChI=1S/C20H19N3O2S/c24-19-17(18(20(19)25)22-13-15-3-1-2-8-21-15)14-4-6-16(7-5-14)23-9-11-26-12-10-23/h1-8,22H,9-13H2. The Morgan fingerprint density at radius 3 is 2.46 bits per heavy atom. The van der Waals surface area contributed by atoms with Crippen LogP contribution in [0.15, 0.2) is 58.3 Å². The Labute approximate surface area is 155 Å². The first-order valence-electron chi connectivity index (χ1n) is 8.64. The number of nitrogens with zero attached hydrogens (tertiary/aromatic N) is 2. The third-order valence-corrected chi connectivity index (χ3v) is 5.56. The highest BCUT2D eigenvalue weighted by Crippen LogP contribution is 2.27. The van der Waals surface area contributed by atoms with Crippen LogP contribution < -0.4 is 21.1 Å². The van der Waals surface area contributed by atoms with Gasteiger partial charge in [0.25, 0.3) is 0 Å². The molecule has 1 aromatic heterocycles. The van der Waals surface area contributed by atoms with Crippen molar-refractivity contribution >= 4 is 23.1 Å². The summed E-state index contributed by atoms with van der Waals surface area (Å²) in [7, 11) is 0. The Balaban J connectivity index is 1.53. The molecule has 0 saturated carbocycles. The van der Waals surface area contributed by atoms with Crippen molar-refractivity contribution in [3.8, 4) is 11.1 Å². The molecule has 2 aromatic carbocycles. The largest absolute Gasteiger partial charge is 0.375 e. The molecular formula is C20H19N3O2S. The fourth-order valence-corrected chi connectivity index (χ4v) is 4.08. The van der Waals surface area contributed by atoms with Gasteiger partial charge in [-0.05, 0) is 29.8 Å². The smallest absolute Gasteiger partial charge is 0.250 e. The maximum atomic E-state index is 12.1. The molecule has 0 radical (unpaired) electrons. The minimum absolute atomic E-state index is 0.391. The summed E-state index contributed by atoms with van der Waals surface area (Å²) in [5.41, 5.74) is 2.77. The second-order valence-electron chi connectivity index (χ2n) is 6.23. The van der Waals surface area contributed by atoms with Crippen molar-refractivity contribution in [1.29, 1.82) is 0 Å². The summed E-state index contributed by atoms with van der Waals surface area (Å²) in [4.78, 5) is 30.6. The van der Waals surface area contributed by atoms with E-state index in [-0.39, 0.29) is 0 Å². The zero-order chi connectivity index (χ0) is 17.9. The fraction of sp³-hybridized carbons (Fsp3) is 0.250. The number of pyridine rings is 1. The second kappa shape index (κ2) is 7.33. The average Bonchev–Trinajstić information content (AvgIpc) is 2.72. The van der Waals surface area contributed by atoms with Gasteiger partial charge in [0.15, 0.2) is 0 Å². The van der Waals surface area contributed by atoms with Crippen molar-refractivity contribution in [2.24, 2.45) is 0 Å². The molecule has 132 valence electrons. The molecule has 2 heterocycles. The SMILES string of the molecule is O=c1c(NCc2ccccn2)c(-c2ccc(N3CCSCC3)cc2)c1=O. The van der Waals surface area contributed by atoms with Gasteiger partial charge in [0.1, 0.15) is 0 Å². The summed E-state index contributed by atoms with van der Waals surface area (Å²) < 4.78 is 0. The molecule has 1 aliphatic rings. The van der Waals surface area contributed by atoms with Gasteiger partial charge < -0.3 is 10.2 Å². The zero-order valence-electron chi connectivity index (χ0n) is 14.3. The Bertz CT molecular complexity index is 957. The third-order valence-electron chi connectivity index (χ3n) is 4.61. The van der Waals surface area contributed by atoms with Crippen LogP contribution in [0, 0.1) is 0 Å². The number of thioether (sulfide) groups is 1. The van der Waals surface area contributed by atoms with E-state index in [1.165, 1.54) is 0 Å². The Morgan fingerprint density at radius 1 is 1.00 bits per heavy atom. The van der Waals surface area contributed by atoms with Gasteiger partial charge >= 0.3 is 0 Å². The zero-order valence-corrected chi connectivity index (χ0v) is 15.1. The van der Waals surface area contributed by atoms with Crippen molar-refractivity contribution < 1.29 is 0 Å². The summed E-state index contributed by atoms with van der Waals surface area (Å²) in [6.45, 7) is 2.50. The van der Waals surface area contributed by atoms with Gasteiger partial charge in [-0.15, -0.1) is 0 Å². The topological polar surface area (TPSA) is 62.3 Å². The van der Waals surface area contributed by atoms with Crippen LogP contribution in [0.4, 0.5) is 11.4 Å². The lowest BCUT2D eigenvalue weighted by Gasteiger charge is -2.28. The second-order valence-corrected chi connectivity index (χ2v) is 7.45. The molecule has 0 atom stereocenters. The lowest BCUT2D eigenvalue weighted by atomic mass is 9.98. The van der Waals surface area contributed by atoms with Gasteiger partial charge in [-0.25, -0.2) is 0 Å². The van der Waals surface area contributed by atoms with Crippen LogP contribution in [0.3, 0.4) is 0 Å². The molecule has 1 aliphatic heterocycles. The van der Waals surface area contributed by atoms with E-state index in [1.807, 2.05) is 54.2 Å². The Morgan fingerprint density at radius 2 is 1.77 bits per heavy atom. The van der Waals surface area contributed by atoms with Crippen molar-refractivity contribution in [2.45, 2.75) is 6.54 Å². The lowest BCUT2D eigenvalue weighted by Crippen LogP contribution is -2.36. The quantitative estimate of drug-likeness (QED) is 0.701. The van der Waals surface area contributed by atoms with Gasteiger partial charge in [0.2, 0.25) is 10.9 Å². The van der Waals surface area contributed by atoms with E-state index < -0.39 is 10.9 Å². The van der Waals surface area contributed by atoms with E-state index in [0.717, 1.165) is 41.5 Å². The Kier molecular flexibility index (Phi) is 4.75. The molecule has 26 heavy (non-hydrogen) atoms. The number of hydrogen-bond donors (Lipinski definition) is 1. The van der Waals surface area contributed by atoms with Crippen molar-refractivity contribution in [3.05, 3.63) is 74.8 Å². The molecule has 4 rings (SSSR count). The maximum Gasteiger partial charge on any atom is 0.250 e. The highest BCUT2D eigenvalue weighted by atomic mass is 32.2. The molecule has 1 N–H and O–H groups in total. The van der Waals surface area contributed by atoms with E-state index in [4.69, 9.17) is 0 Å². The van der Waals surface area contributed by atoms with Crippen LogP contribution in [-0.2, 0) is 6.54 Å². The summed E-state index contributed by atoms with van der Waals surface area (Å²) in [5, 5.41) is 3.08. The third kappa shape index (κ3) is 3.24. The molecule has 6 heteroatoms. The normalized spacial score (nSPS) is 14.5. The van der Waals surface area contributed by atoms with Crippen LogP contribution >= 0.6 is 11.8 Å². The first-order chi connectivity index (χ1) is 12.7. The van der Waals surface area contributed by atoms with Crippen LogP contribution in [0.2, 0.25) is 0 Å². The van der Waals surface area contributed by atoms with E-state index in [2.05, 4.69) is 15.2 Å². The molecule has 0 unspecified atom stereocenters. The van der Waals surface area contributed by atoms with Crippen molar-refractivity contribution in [1.82, 2.24) is 4.98 Å². The molecule has 0 aliphatic carbocycles. The van der Waals surface area contributed by atoms with E-state index >= 15 is 0 Å². The number of benzene rings is 1. The lowest BCUT2D eigenvalue weighted by molar-refractivity contribution is 0.859. The van der Waals surface area contributed by atoms with Crippen LogP contribution in [0.1, 0.15) is 5.69 Å². The molecule has 0 bridgehead atoms. The predicted molar refractivity (Wildman–Crippen MR) is 108 cm³/mol. The number of anilines is 2. The minimum atomic E-state index is -0.451. The minimum Gasteiger partial charge on any atom is -0.375 e. The predicted octanol–water partition coefficient (Wildman–Crippen LogP) is 2.51. The van der Waals surface area contributed by atoms with E-state index in [9.17, 15) is 9.59 Å².